The van der Waals surface area contributed by atoms with E-state index >= 15 is 0 Å². The highest BCUT2D eigenvalue weighted by Gasteiger charge is 2.41. The topological polar surface area (TPSA) is 61.8 Å². The molecule has 1 saturated carbocycles. The van der Waals surface area contributed by atoms with Gasteiger partial charge in [-0.2, -0.15) is 13.2 Å². The van der Waals surface area contributed by atoms with E-state index in [0.29, 0.717) is 13.0 Å². The van der Waals surface area contributed by atoms with E-state index in [1.54, 1.807) is 4.90 Å². The summed E-state index contributed by atoms with van der Waals surface area (Å²) < 4.78 is 44.9. The number of aliphatic hydroxyl groups excluding tert-OH is 1. The van der Waals surface area contributed by atoms with Crippen LogP contribution in [0.1, 0.15) is 24.8 Å². The van der Waals surface area contributed by atoms with Crippen molar-refractivity contribution in [3.05, 3.63) is 23.8 Å². The van der Waals surface area contributed by atoms with E-state index in [1.807, 2.05) is 0 Å². The highest BCUT2D eigenvalue weighted by Crippen LogP contribution is 2.38. The summed E-state index contributed by atoms with van der Waals surface area (Å²) in [6, 6.07) is 3.18. The van der Waals surface area contributed by atoms with Crippen LogP contribution in [0.25, 0.3) is 0 Å². The van der Waals surface area contributed by atoms with Crippen molar-refractivity contribution >= 4 is 11.6 Å². The van der Waals surface area contributed by atoms with Crippen molar-refractivity contribution in [2.75, 3.05) is 25.1 Å². The van der Waals surface area contributed by atoms with Crippen molar-refractivity contribution in [1.29, 1.82) is 0 Å². The normalized spacial score (nSPS) is 21.2. The predicted molar refractivity (Wildman–Crippen MR) is 80.8 cm³/mol. The zero-order valence-electron chi connectivity index (χ0n) is 13.0. The Morgan fingerprint density at radius 1 is 1.29 bits per heavy atom. The first-order valence-corrected chi connectivity index (χ1v) is 7.92. The van der Waals surface area contributed by atoms with Crippen LogP contribution in [0.4, 0.5) is 18.9 Å². The summed E-state index contributed by atoms with van der Waals surface area (Å²) >= 11 is 0. The zero-order chi connectivity index (χ0) is 17.3. The molecule has 24 heavy (non-hydrogen) atoms. The molecule has 1 aromatic rings. The van der Waals surface area contributed by atoms with Gasteiger partial charge in [0.2, 0.25) is 5.91 Å². The number of halogens is 3. The Labute approximate surface area is 137 Å². The number of alkyl halides is 3. The van der Waals surface area contributed by atoms with Crippen LogP contribution in [0.2, 0.25) is 0 Å². The maximum atomic E-state index is 13.3. The number of hydrogen-bond acceptors (Lipinski definition) is 4. The number of anilines is 1. The van der Waals surface area contributed by atoms with E-state index in [4.69, 9.17) is 9.84 Å². The van der Waals surface area contributed by atoms with Crippen LogP contribution in [0, 0.1) is 0 Å². The van der Waals surface area contributed by atoms with Crippen LogP contribution in [-0.4, -0.2) is 47.8 Å². The Morgan fingerprint density at radius 3 is 2.67 bits per heavy atom. The fourth-order valence-electron chi connectivity index (χ4n) is 2.91. The Morgan fingerprint density at radius 2 is 2.04 bits per heavy atom. The number of carbonyl (C=O) groups is 1. The molecule has 1 aliphatic carbocycles. The average molecular weight is 344 g/mol. The van der Waals surface area contributed by atoms with Gasteiger partial charge in [-0.3, -0.25) is 4.79 Å². The molecule has 8 heteroatoms. The fourth-order valence-corrected chi connectivity index (χ4v) is 2.91. The molecule has 5 nitrogen and oxygen atoms in total. The van der Waals surface area contributed by atoms with E-state index in [-0.39, 0.29) is 36.6 Å². The smallest absolute Gasteiger partial charge is 0.418 e. The number of aliphatic hydroxyl groups is 1. The van der Waals surface area contributed by atoms with Crippen molar-refractivity contribution < 1.29 is 27.8 Å². The van der Waals surface area contributed by atoms with Gasteiger partial charge in [-0.1, -0.05) is 0 Å². The highest BCUT2D eigenvalue weighted by atomic mass is 19.4. The van der Waals surface area contributed by atoms with Crippen LogP contribution in [0.5, 0.6) is 5.75 Å². The first kappa shape index (κ1) is 16.9. The molecule has 1 aromatic carbocycles. The Kier molecular flexibility index (Phi) is 4.58. The van der Waals surface area contributed by atoms with Crippen LogP contribution < -0.4 is 10.1 Å². The lowest BCUT2D eigenvalue weighted by Gasteiger charge is -2.20. The van der Waals surface area contributed by atoms with E-state index in [1.165, 1.54) is 12.1 Å². The molecule has 1 saturated heterocycles. The lowest BCUT2D eigenvalue weighted by Crippen LogP contribution is -2.35. The molecule has 1 heterocycles. The number of hydrogen-bond donors (Lipinski definition) is 2. The quantitative estimate of drug-likeness (QED) is 0.831. The van der Waals surface area contributed by atoms with Crippen molar-refractivity contribution in [1.82, 2.24) is 4.90 Å². The summed E-state index contributed by atoms with van der Waals surface area (Å²) in [6.07, 6.45) is -2.12. The third-order valence-electron chi connectivity index (χ3n) is 4.21. The molecule has 1 amide bonds. The van der Waals surface area contributed by atoms with Gasteiger partial charge < -0.3 is 20.1 Å². The molecule has 3 rings (SSSR count). The molecule has 0 bridgehead atoms. The lowest BCUT2D eigenvalue weighted by atomic mass is 10.1. The summed E-state index contributed by atoms with van der Waals surface area (Å²) in [5.74, 6) is -0.106. The molecule has 1 aliphatic heterocycles. The molecule has 0 spiro atoms. The molecule has 1 atom stereocenters. The number of nitrogens with one attached hydrogen (secondary N) is 1. The molecule has 2 N–H and O–H groups in total. The fraction of sp³-hybridized carbons (Fsp3) is 0.562. The number of rotatable bonds is 6. The molecular weight excluding hydrogens is 325 g/mol. The predicted octanol–water partition coefficient (Wildman–Crippen LogP) is 2.25. The standard InChI is InChI=1S/C16H19F3N2O3/c17-16(18,19)12-9-11(24-8-7-22)3-4-13(12)20-14-5-6-21(15(14)23)10-1-2-10/h3-4,9-10,14,20,22H,1-2,5-8H2. The average Bonchev–Trinajstić information content (AvgIpc) is 3.31. The number of benzene rings is 1. The SMILES string of the molecule is O=C1C(Nc2ccc(OCCO)cc2C(F)(F)F)CCN1C1CC1. The Bertz CT molecular complexity index is 617. The largest absolute Gasteiger partial charge is 0.491 e. The van der Waals surface area contributed by atoms with Gasteiger partial charge in [0.25, 0.3) is 0 Å². The van der Waals surface area contributed by atoms with Crippen molar-refractivity contribution in [3.63, 3.8) is 0 Å². The van der Waals surface area contributed by atoms with Gasteiger partial charge in [0.05, 0.1) is 12.2 Å². The second-order valence-corrected chi connectivity index (χ2v) is 6.03. The maximum Gasteiger partial charge on any atom is 0.418 e. The third-order valence-corrected chi connectivity index (χ3v) is 4.21. The Hall–Kier alpha value is -1.96. The molecule has 0 radical (unpaired) electrons. The lowest BCUT2D eigenvalue weighted by molar-refractivity contribution is -0.137. The maximum absolute atomic E-state index is 13.3. The van der Waals surface area contributed by atoms with Crippen molar-refractivity contribution in [3.8, 4) is 5.75 Å². The van der Waals surface area contributed by atoms with Gasteiger partial charge in [-0.05, 0) is 37.5 Å². The molecule has 2 fully saturated rings. The molecule has 2 aliphatic rings. The summed E-state index contributed by atoms with van der Waals surface area (Å²) in [5.41, 5.74) is -1.01. The zero-order valence-corrected chi connectivity index (χ0v) is 13.0. The van der Waals surface area contributed by atoms with Gasteiger partial charge in [0.1, 0.15) is 18.4 Å². The summed E-state index contributed by atoms with van der Waals surface area (Å²) in [7, 11) is 0. The van der Waals surface area contributed by atoms with E-state index in [2.05, 4.69) is 5.32 Å². The van der Waals surface area contributed by atoms with Crippen LogP contribution >= 0.6 is 0 Å². The van der Waals surface area contributed by atoms with Gasteiger partial charge in [0.15, 0.2) is 0 Å². The number of amides is 1. The molecule has 1 unspecified atom stereocenters. The molecular formula is C16H19F3N2O3. The minimum Gasteiger partial charge on any atom is -0.491 e. The number of carbonyl (C=O) groups excluding carboxylic acids is 1. The monoisotopic (exact) mass is 344 g/mol. The van der Waals surface area contributed by atoms with Crippen molar-refractivity contribution in [2.45, 2.75) is 37.5 Å². The van der Waals surface area contributed by atoms with E-state index < -0.39 is 17.8 Å². The Balaban J connectivity index is 1.78. The second-order valence-electron chi connectivity index (χ2n) is 6.03. The third kappa shape index (κ3) is 3.58. The number of likely N-dealkylation sites (tertiary alicyclic amines) is 1. The summed E-state index contributed by atoms with van der Waals surface area (Å²) in [5, 5.41) is 11.4. The van der Waals surface area contributed by atoms with Crippen LogP contribution in [0.15, 0.2) is 18.2 Å². The molecule has 0 aromatic heterocycles. The van der Waals surface area contributed by atoms with Gasteiger partial charge in [-0.25, -0.2) is 0 Å². The van der Waals surface area contributed by atoms with Gasteiger partial charge in [0, 0.05) is 18.3 Å². The van der Waals surface area contributed by atoms with E-state index in [9.17, 15) is 18.0 Å². The second kappa shape index (κ2) is 6.51. The first-order chi connectivity index (χ1) is 11.4. The molecule has 132 valence electrons. The van der Waals surface area contributed by atoms with E-state index in [0.717, 1.165) is 18.9 Å². The first-order valence-electron chi connectivity index (χ1n) is 7.92. The van der Waals surface area contributed by atoms with Gasteiger partial charge >= 0.3 is 6.18 Å². The van der Waals surface area contributed by atoms with Crippen LogP contribution in [-0.2, 0) is 11.0 Å². The van der Waals surface area contributed by atoms with Gasteiger partial charge in [-0.15, -0.1) is 0 Å². The number of ether oxygens (including phenoxy) is 1. The number of nitrogens with zero attached hydrogens (tertiary/aromatic N) is 1. The van der Waals surface area contributed by atoms with Crippen molar-refractivity contribution in [2.24, 2.45) is 0 Å². The minimum absolute atomic E-state index is 0.0271. The summed E-state index contributed by atoms with van der Waals surface area (Å²) in [4.78, 5) is 14.0. The van der Waals surface area contributed by atoms with Crippen LogP contribution in [0.3, 0.4) is 0 Å². The highest BCUT2D eigenvalue weighted by molar-refractivity contribution is 5.87. The minimum atomic E-state index is -4.57. The summed E-state index contributed by atoms with van der Waals surface area (Å²) in [6.45, 7) is 0.219.